The summed E-state index contributed by atoms with van der Waals surface area (Å²) in [5, 5.41) is 2.93. The van der Waals surface area contributed by atoms with Crippen LogP contribution >= 0.6 is 0 Å². The van der Waals surface area contributed by atoms with Crippen molar-refractivity contribution < 1.29 is 9.59 Å². The number of carbonyl (C=O) groups excluding carboxylic acids is 2. The van der Waals surface area contributed by atoms with Crippen molar-refractivity contribution >= 4 is 23.2 Å². The van der Waals surface area contributed by atoms with Gasteiger partial charge in [0.15, 0.2) is 0 Å². The van der Waals surface area contributed by atoms with Crippen molar-refractivity contribution in [1.82, 2.24) is 4.90 Å². The Hall–Kier alpha value is -1.88. The highest BCUT2D eigenvalue weighted by Crippen LogP contribution is 2.23. The van der Waals surface area contributed by atoms with Crippen molar-refractivity contribution in [2.75, 3.05) is 36.4 Å². The molecule has 5 heteroatoms. The van der Waals surface area contributed by atoms with E-state index in [1.807, 2.05) is 24.3 Å². The van der Waals surface area contributed by atoms with Gasteiger partial charge in [0, 0.05) is 24.3 Å². The third-order valence-corrected chi connectivity index (χ3v) is 4.35. The van der Waals surface area contributed by atoms with Crippen molar-refractivity contribution in [3.05, 3.63) is 24.3 Å². The summed E-state index contributed by atoms with van der Waals surface area (Å²) in [6.07, 6.45) is 5.20. The van der Waals surface area contributed by atoms with Gasteiger partial charge < -0.3 is 10.2 Å². The molecule has 2 aliphatic heterocycles. The molecule has 5 nitrogen and oxygen atoms in total. The number of nitrogens with one attached hydrogen (secondary N) is 1. The summed E-state index contributed by atoms with van der Waals surface area (Å²) >= 11 is 0. The molecule has 0 bridgehead atoms. The lowest BCUT2D eigenvalue weighted by molar-refractivity contribution is -0.118. The van der Waals surface area contributed by atoms with E-state index in [1.54, 1.807) is 4.90 Å². The molecule has 0 spiro atoms. The van der Waals surface area contributed by atoms with Gasteiger partial charge >= 0.3 is 0 Å². The lowest BCUT2D eigenvalue weighted by Crippen LogP contribution is -2.36. The molecular weight excluding hydrogens is 278 g/mol. The third-order valence-electron chi connectivity index (χ3n) is 4.35. The Morgan fingerprint density at radius 1 is 1.00 bits per heavy atom. The van der Waals surface area contributed by atoms with Crippen molar-refractivity contribution in [2.45, 2.75) is 32.1 Å². The number of piperidine rings is 1. The first-order valence-electron chi connectivity index (χ1n) is 8.15. The molecule has 2 fully saturated rings. The van der Waals surface area contributed by atoms with Gasteiger partial charge in [0.2, 0.25) is 11.8 Å². The Bertz CT molecular complexity index is 535. The summed E-state index contributed by atoms with van der Waals surface area (Å²) in [5.41, 5.74) is 1.70. The molecule has 2 heterocycles. The second-order valence-electron chi connectivity index (χ2n) is 6.08. The van der Waals surface area contributed by atoms with E-state index >= 15 is 0 Å². The summed E-state index contributed by atoms with van der Waals surface area (Å²) in [5.74, 6) is 0.216. The molecule has 2 aliphatic rings. The van der Waals surface area contributed by atoms with Gasteiger partial charge in [-0.2, -0.15) is 0 Å². The molecule has 0 aliphatic carbocycles. The van der Waals surface area contributed by atoms with Crippen LogP contribution in [0, 0.1) is 0 Å². The van der Waals surface area contributed by atoms with Crippen molar-refractivity contribution in [3.63, 3.8) is 0 Å². The van der Waals surface area contributed by atoms with Crippen molar-refractivity contribution in [1.29, 1.82) is 0 Å². The lowest BCUT2D eigenvalue weighted by atomic mass is 10.1. The number of hydrogen-bond acceptors (Lipinski definition) is 3. The monoisotopic (exact) mass is 301 g/mol. The SMILES string of the molecule is O=C(CN1CCCCC1)Nc1ccc(N2CCCC2=O)cc1. The molecule has 22 heavy (non-hydrogen) atoms. The van der Waals surface area contributed by atoms with Crippen LogP contribution in [0.25, 0.3) is 0 Å². The molecule has 3 rings (SSSR count). The van der Waals surface area contributed by atoms with Crippen LogP contribution in [0.3, 0.4) is 0 Å². The molecule has 1 aromatic carbocycles. The predicted molar refractivity (Wildman–Crippen MR) is 86.9 cm³/mol. The number of rotatable bonds is 4. The van der Waals surface area contributed by atoms with E-state index in [9.17, 15) is 9.59 Å². The molecule has 0 atom stereocenters. The molecule has 0 unspecified atom stereocenters. The van der Waals surface area contributed by atoms with E-state index in [0.717, 1.165) is 37.4 Å². The van der Waals surface area contributed by atoms with Crippen LogP contribution in [0.5, 0.6) is 0 Å². The van der Waals surface area contributed by atoms with Gasteiger partial charge in [-0.05, 0) is 56.6 Å². The predicted octanol–water partition coefficient (Wildman–Crippen LogP) is 2.24. The first kappa shape index (κ1) is 15.0. The fourth-order valence-electron chi connectivity index (χ4n) is 3.17. The Labute approximate surface area is 131 Å². The molecule has 2 amide bonds. The molecular formula is C17H23N3O2. The van der Waals surface area contributed by atoms with E-state index in [2.05, 4.69) is 10.2 Å². The molecule has 0 saturated carbocycles. The van der Waals surface area contributed by atoms with Crippen LogP contribution in [0.4, 0.5) is 11.4 Å². The molecule has 118 valence electrons. The second-order valence-corrected chi connectivity index (χ2v) is 6.08. The highest BCUT2D eigenvalue weighted by molar-refractivity contribution is 5.96. The zero-order chi connectivity index (χ0) is 15.4. The fourth-order valence-corrected chi connectivity index (χ4v) is 3.17. The smallest absolute Gasteiger partial charge is 0.238 e. The number of benzene rings is 1. The zero-order valence-electron chi connectivity index (χ0n) is 12.9. The summed E-state index contributed by atoms with van der Waals surface area (Å²) in [4.78, 5) is 27.8. The molecule has 1 aromatic rings. The molecule has 1 N–H and O–H groups in total. The van der Waals surface area contributed by atoms with Crippen LogP contribution < -0.4 is 10.2 Å². The van der Waals surface area contributed by atoms with Crippen LogP contribution in [0.2, 0.25) is 0 Å². The van der Waals surface area contributed by atoms with E-state index in [1.165, 1.54) is 19.3 Å². The van der Waals surface area contributed by atoms with Gasteiger partial charge in [0.1, 0.15) is 0 Å². The first-order valence-corrected chi connectivity index (χ1v) is 8.15. The van der Waals surface area contributed by atoms with Crippen LogP contribution in [-0.4, -0.2) is 42.9 Å². The van der Waals surface area contributed by atoms with Crippen molar-refractivity contribution in [2.24, 2.45) is 0 Å². The minimum Gasteiger partial charge on any atom is -0.325 e. The maximum atomic E-state index is 12.1. The number of carbonyl (C=O) groups is 2. The van der Waals surface area contributed by atoms with Gasteiger partial charge in [-0.15, -0.1) is 0 Å². The van der Waals surface area contributed by atoms with Gasteiger partial charge in [-0.1, -0.05) is 6.42 Å². The number of nitrogens with zero attached hydrogens (tertiary/aromatic N) is 2. The Morgan fingerprint density at radius 2 is 1.73 bits per heavy atom. The summed E-state index contributed by atoms with van der Waals surface area (Å²) in [6.45, 7) is 3.29. The van der Waals surface area contributed by atoms with E-state index in [-0.39, 0.29) is 11.8 Å². The highest BCUT2D eigenvalue weighted by Gasteiger charge is 2.21. The maximum absolute atomic E-state index is 12.1. The fraction of sp³-hybridized carbons (Fsp3) is 0.529. The average Bonchev–Trinajstić information content (AvgIpc) is 2.95. The van der Waals surface area contributed by atoms with E-state index in [4.69, 9.17) is 0 Å². The van der Waals surface area contributed by atoms with Gasteiger partial charge in [0.05, 0.1) is 6.54 Å². The zero-order valence-corrected chi connectivity index (χ0v) is 12.9. The van der Waals surface area contributed by atoms with Gasteiger partial charge in [0.25, 0.3) is 0 Å². The van der Waals surface area contributed by atoms with E-state index in [0.29, 0.717) is 13.0 Å². The summed E-state index contributed by atoms with van der Waals surface area (Å²) < 4.78 is 0. The summed E-state index contributed by atoms with van der Waals surface area (Å²) in [6, 6.07) is 7.55. The third kappa shape index (κ3) is 3.65. The first-order chi connectivity index (χ1) is 10.7. The molecule has 0 aromatic heterocycles. The lowest BCUT2D eigenvalue weighted by Gasteiger charge is -2.25. The number of amides is 2. The van der Waals surface area contributed by atoms with E-state index < -0.39 is 0 Å². The minimum absolute atomic E-state index is 0.0342. The number of likely N-dealkylation sites (tertiary alicyclic amines) is 1. The normalized spacial score (nSPS) is 19.5. The Balaban J connectivity index is 1.54. The highest BCUT2D eigenvalue weighted by atomic mass is 16.2. The maximum Gasteiger partial charge on any atom is 0.238 e. The van der Waals surface area contributed by atoms with Crippen LogP contribution in [0.1, 0.15) is 32.1 Å². The number of anilines is 2. The number of hydrogen-bond donors (Lipinski definition) is 1. The van der Waals surface area contributed by atoms with Gasteiger partial charge in [-0.25, -0.2) is 0 Å². The largest absolute Gasteiger partial charge is 0.325 e. The Kier molecular flexibility index (Phi) is 4.73. The molecule has 0 radical (unpaired) electrons. The van der Waals surface area contributed by atoms with Gasteiger partial charge in [-0.3, -0.25) is 14.5 Å². The molecule has 2 saturated heterocycles. The minimum atomic E-state index is 0.0342. The summed E-state index contributed by atoms with van der Waals surface area (Å²) in [7, 11) is 0. The van der Waals surface area contributed by atoms with Crippen molar-refractivity contribution in [3.8, 4) is 0 Å². The Morgan fingerprint density at radius 3 is 2.36 bits per heavy atom. The quantitative estimate of drug-likeness (QED) is 0.928. The standard InChI is InChI=1S/C17H23N3O2/c21-16(13-19-10-2-1-3-11-19)18-14-6-8-15(9-7-14)20-12-4-5-17(20)22/h6-9H,1-5,10-13H2,(H,18,21). The average molecular weight is 301 g/mol. The van der Waals surface area contributed by atoms with Crippen LogP contribution in [-0.2, 0) is 9.59 Å². The second kappa shape index (κ2) is 6.92. The van der Waals surface area contributed by atoms with Crippen LogP contribution in [0.15, 0.2) is 24.3 Å². The topological polar surface area (TPSA) is 52.7 Å².